The van der Waals surface area contributed by atoms with Gasteiger partial charge in [-0.1, -0.05) is 0 Å². The number of aryl methyl sites for hydroxylation is 1. The van der Waals surface area contributed by atoms with Gasteiger partial charge >= 0.3 is 6.18 Å². The molecule has 17 heteroatoms. The molecular weight excluding hydrogens is 646 g/mol. The number of rotatable bonds is 9. The highest BCUT2D eigenvalue weighted by Crippen LogP contribution is 2.41. The predicted octanol–water partition coefficient (Wildman–Crippen LogP) is 5.40. The van der Waals surface area contributed by atoms with E-state index in [0.717, 1.165) is 29.9 Å². The molecule has 1 fully saturated rings. The van der Waals surface area contributed by atoms with Crippen molar-refractivity contribution in [3.05, 3.63) is 61.3 Å². The van der Waals surface area contributed by atoms with Crippen LogP contribution in [0.2, 0.25) is 0 Å². The number of H-pyrrole nitrogens is 1. The fourth-order valence-electron chi connectivity index (χ4n) is 5.60. The Morgan fingerprint density at radius 2 is 1.81 bits per heavy atom. The number of alkyl halides is 3. The van der Waals surface area contributed by atoms with E-state index in [1.807, 2.05) is 13.2 Å². The molecule has 1 saturated heterocycles. The zero-order valence-electron chi connectivity index (χ0n) is 25.8. The molecule has 0 aliphatic carbocycles. The van der Waals surface area contributed by atoms with Gasteiger partial charge in [0.1, 0.15) is 22.7 Å². The quantitative estimate of drug-likeness (QED) is 0.170. The minimum atomic E-state index is -4.56. The molecule has 246 valence electrons. The number of anilines is 5. The molecule has 13 nitrogen and oxygen atoms in total. The normalized spacial score (nSPS) is 14.2. The van der Waals surface area contributed by atoms with Crippen molar-refractivity contribution in [2.45, 2.75) is 6.18 Å². The highest BCUT2D eigenvalue weighted by atomic mass is 31.1. The summed E-state index contributed by atoms with van der Waals surface area (Å²) >= 11 is 0. The van der Waals surface area contributed by atoms with Gasteiger partial charge in [0.2, 0.25) is 5.95 Å². The zero-order valence-corrected chi connectivity index (χ0v) is 26.7. The van der Waals surface area contributed by atoms with Crippen LogP contribution in [0, 0.1) is 0 Å². The molecule has 0 atom stereocenters. The molecule has 1 aliphatic heterocycles. The molecule has 4 aromatic heterocycles. The largest absolute Gasteiger partial charge is 0.482 e. The minimum absolute atomic E-state index is 0.0147. The van der Waals surface area contributed by atoms with E-state index in [-0.39, 0.29) is 25.8 Å². The summed E-state index contributed by atoms with van der Waals surface area (Å²) in [5, 5.41) is 11.7. The lowest BCUT2D eigenvalue weighted by atomic mass is 10.0. The molecule has 6 aromatic rings. The summed E-state index contributed by atoms with van der Waals surface area (Å²) in [5.41, 5.74) is 4.47. The van der Waals surface area contributed by atoms with Crippen LogP contribution in [-0.2, 0) is 11.6 Å². The van der Waals surface area contributed by atoms with Crippen molar-refractivity contribution in [2.24, 2.45) is 7.05 Å². The van der Waals surface area contributed by atoms with Crippen LogP contribution in [0.1, 0.15) is 0 Å². The van der Waals surface area contributed by atoms with Crippen LogP contribution in [0.5, 0.6) is 5.75 Å². The van der Waals surface area contributed by atoms with E-state index >= 15 is 0 Å². The number of nitrogens with zero attached hydrogens (tertiary/aromatic N) is 8. The molecule has 0 radical (unpaired) electrons. The number of benzene rings is 2. The number of aromatic amines is 1. The summed E-state index contributed by atoms with van der Waals surface area (Å²) < 4.78 is 59.7. The highest BCUT2D eigenvalue weighted by Gasteiger charge is 2.30. The molecule has 3 N–H and O–H groups in total. The maximum Gasteiger partial charge on any atom is 0.422 e. The fourth-order valence-corrected chi connectivity index (χ4v) is 6.09. The molecule has 0 bridgehead atoms. The number of hydrogen-bond donors (Lipinski definition) is 3. The molecule has 0 spiro atoms. The maximum atomic E-state index is 13.5. The number of nitrogens with one attached hydrogen (secondary N) is 3. The fraction of sp³-hybridized carbons (Fsp3) is 0.258. The molecule has 0 amide bonds. The summed E-state index contributed by atoms with van der Waals surface area (Å²) in [4.78, 5) is 25.3. The summed E-state index contributed by atoms with van der Waals surface area (Å²) in [5.74, 6) is 0.422. The Kier molecular flexibility index (Phi) is 8.27. The molecule has 1 aliphatic rings. The number of aromatic nitrogens is 7. The Labute approximate surface area is 273 Å². The van der Waals surface area contributed by atoms with Gasteiger partial charge in [-0.05, 0) is 31.3 Å². The Hall–Kier alpha value is -5.34. The van der Waals surface area contributed by atoms with Crippen LogP contribution in [0.3, 0.4) is 0 Å². The number of halogens is 3. The second-order valence-electron chi connectivity index (χ2n) is 11.3. The second-order valence-corrected chi connectivity index (χ2v) is 12.0. The van der Waals surface area contributed by atoms with Gasteiger partial charge in [0.15, 0.2) is 15.1 Å². The van der Waals surface area contributed by atoms with Crippen LogP contribution in [-0.4, -0.2) is 85.6 Å². The summed E-state index contributed by atoms with van der Waals surface area (Å²) in [6.07, 6.45) is 3.75. The van der Waals surface area contributed by atoms with Gasteiger partial charge in [0, 0.05) is 80.9 Å². The van der Waals surface area contributed by atoms with E-state index in [0.29, 0.717) is 52.0 Å². The van der Waals surface area contributed by atoms with E-state index in [2.05, 4.69) is 45.5 Å². The van der Waals surface area contributed by atoms with Crippen LogP contribution >= 0.6 is 8.46 Å². The second kappa shape index (κ2) is 12.7. The van der Waals surface area contributed by atoms with Crippen molar-refractivity contribution < 1.29 is 22.5 Å². The van der Waals surface area contributed by atoms with E-state index in [1.165, 1.54) is 6.20 Å². The molecule has 7 rings (SSSR count). The first-order valence-corrected chi connectivity index (χ1v) is 15.7. The third kappa shape index (κ3) is 6.44. The van der Waals surface area contributed by atoms with Crippen molar-refractivity contribution in [1.29, 1.82) is 0 Å². The monoisotopic (exact) mass is 675 g/mol. The first kappa shape index (κ1) is 31.3. The Morgan fingerprint density at radius 3 is 2.56 bits per heavy atom. The van der Waals surface area contributed by atoms with E-state index < -0.39 is 12.8 Å². The average molecular weight is 676 g/mol. The third-order valence-electron chi connectivity index (χ3n) is 7.97. The van der Waals surface area contributed by atoms with Crippen LogP contribution < -0.4 is 25.6 Å². The first-order chi connectivity index (χ1) is 23.1. The predicted molar refractivity (Wildman–Crippen MR) is 177 cm³/mol. The van der Waals surface area contributed by atoms with Gasteiger partial charge in [0.05, 0.1) is 33.8 Å². The minimum Gasteiger partial charge on any atom is -0.482 e. The molecule has 2 aromatic carbocycles. The molecule has 0 saturated carbocycles. The average Bonchev–Trinajstić information content (AvgIpc) is 3.73. The van der Waals surface area contributed by atoms with Crippen LogP contribution in [0.25, 0.3) is 33.2 Å². The number of piperazine rings is 1. The van der Waals surface area contributed by atoms with E-state index in [1.54, 1.807) is 60.7 Å². The lowest BCUT2D eigenvalue weighted by molar-refractivity contribution is -0.153. The topological polar surface area (TPSA) is 142 Å². The summed E-state index contributed by atoms with van der Waals surface area (Å²) in [6.45, 7) is 1.47. The van der Waals surface area contributed by atoms with Crippen molar-refractivity contribution >= 4 is 64.7 Å². The highest BCUT2D eigenvalue weighted by molar-refractivity contribution is 7.35. The maximum absolute atomic E-state index is 13.5. The standard InChI is InChI=1S/C31H29F3N11O2P/c1-43-9-11-45(12-10-43)24-14-25(47-17-31(32,33)34)23(13-20(24)18-15-38-44(2)16-18)40-30-41-28-19(5-6-37-28)29(42-30)39-22-4-3-21-26(27(22)48-46)36-8-7-35-21/h3-8,13-16H,9-12,17H2,1-2H3,(H3,37,39,40,41,42). The molecule has 48 heavy (non-hydrogen) atoms. The smallest absolute Gasteiger partial charge is 0.422 e. The van der Waals surface area contributed by atoms with Crippen molar-refractivity contribution in [3.8, 4) is 16.9 Å². The Bertz CT molecular complexity index is 2130. The van der Waals surface area contributed by atoms with Gasteiger partial charge < -0.3 is 30.2 Å². The van der Waals surface area contributed by atoms with Crippen molar-refractivity contribution in [3.63, 3.8) is 0 Å². The molecule has 5 heterocycles. The van der Waals surface area contributed by atoms with Crippen molar-refractivity contribution in [1.82, 2.24) is 39.6 Å². The summed E-state index contributed by atoms with van der Waals surface area (Å²) in [7, 11) is 3.55. The lowest BCUT2D eigenvalue weighted by Gasteiger charge is -2.35. The number of hydrogen-bond acceptors (Lipinski definition) is 11. The van der Waals surface area contributed by atoms with Gasteiger partial charge in [-0.15, -0.1) is 0 Å². The molecule has 0 unspecified atom stereocenters. The van der Waals surface area contributed by atoms with Crippen LogP contribution in [0.15, 0.2) is 61.3 Å². The van der Waals surface area contributed by atoms with Gasteiger partial charge in [-0.3, -0.25) is 19.2 Å². The SMILES string of the molecule is CN1CCN(c2cc(OCC(F)(F)F)c(Nc3nc(Nc4ccc5nccnc5c4P=O)c4cc[nH]c4n3)cc2-c2cnn(C)c2)CC1. The van der Waals surface area contributed by atoms with E-state index in [9.17, 15) is 17.7 Å². The van der Waals surface area contributed by atoms with E-state index in [4.69, 9.17) is 9.72 Å². The number of ether oxygens (including phenoxy) is 1. The number of likely N-dealkylation sites (N-methyl/N-ethyl adjacent to an activating group) is 1. The zero-order chi connectivity index (χ0) is 33.4. The molecular formula is C31H29F3N11O2P. The van der Waals surface area contributed by atoms with Gasteiger partial charge in [-0.25, -0.2) is 0 Å². The Balaban J connectivity index is 1.32. The summed E-state index contributed by atoms with van der Waals surface area (Å²) in [6, 6.07) is 8.62. The van der Waals surface area contributed by atoms with Crippen molar-refractivity contribution in [2.75, 3.05) is 55.4 Å². The third-order valence-corrected chi connectivity index (χ3v) is 8.60. The lowest BCUT2D eigenvalue weighted by Crippen LogP contribution is -2.44. The van der Waals surface area contributed by atoms with Gasteiger partial charge in [0.25, 0.3) is 0 Å². The number of fused-ring (bicyclic) bond motifs is 2. The first-order valence-electron chi connectivity index (χ1n) is 14.9. The van der Waals surface area contributed by atoms with Crippen LogP contribution in [0.4, 0.5) is 42.0 Å². The van der Waals surface area contributed by atoms with Gasteiger partial charge in [-0.2, -0.15) is 28.2 Å². The Morgan fingerprint density at radius 1 is 1.00 bits per heavy atom.